The lowest BCUT2D eigenvalue weighted by Crippen LogP contribution is -2.27. The first-order chi connectivity index (χ1) is 9.73. The molecule has 1 atom stereocenters. The van der Waals surface area contributed by atoms with Crippen LogP contribution in [-0.2, 0) is 6.18 Å². The molecule has 2 rings (SSSR count). The molecule has 0 N–H and O–H groups in total. The minimum Gasteiger partial charge on any atom is -0.266 e. The zero-order valence-electron chi connectivity index (χ0n) is 10.7. The second-order valence-electron chi connectivity index (χ2n) is 4.31. The van der Waals surface area contributed by atoms with Gasteiger partial charge in [0.1, 0.15) is 5.82 Å². The third-order valence-electron chi connectivity index (χ3n) is 2.98. The molecule has 2 aromatic rings. The molecule has 0 aliphatic rings. The largest absolute Gasteiger partial charge is 0.419 e. The Bertz CT molecular complexity index is 727. The van der Waals surface area contributed by atoms with Crippen LogP contribution in [0.15, 0.2) is 39.7 Å². The SMILES string of the molecule is C[C@H](c1cccc(C(F)(F)F)c1F)n1nccc(Br)c1=O. The van der Waals surface area contributed by atoms with E-state index in [9.17, 15) is 22.4 Å². The number of rotatable bonds is 2. The second-order valence-corrected chi connectivity index (χ2v) is 5.17. The van der Waals surface area contributed by atoms with Crippen LogP contribution >= 0.6 is 15.9 Å². The van der Waals surface area contributed by atoms with Crippen molar-refractivity contribution in [2.75, 3.05) is 0 Å². The first-order valence-electron chi connectivity index (χ1n) is 5.82. The number of halogens is 5. The first-order valence-corrected chi connectivity index (χ1v) is 6.61. The van der Waals surface area contributed by atoms with Crippen molar-refractivity contribution in [2.45, 2.75) is 19.1 Å². The molecule has 0 aliphatic carbocycles. The predicted octanol–water partition coefficient (Wildman–Crippen LogP) is 3.77. The van der Waals surface area contributed by atoms with Crippen LogP contribution in [0.25, 0.3) is 0 Å². The zero-order valence-corrected chi connectivity index (χ0v) is 12.2. The lowest BCUT2D eigenvalue weighted by Gasteiger charge is -2.17. The van der Waals surface area contributed by atoms with Crippen molar-refractivity contribution < 1.29 is 17.6 Å². The highest BCUT2D eigenvalue weighted by Gasteiger charge is 2.35. The van der Waals surface area contributed by atoms with Gasteiger partial charge in [-0.1, -0.05) is 12.1 Å². The molecule has 0 spiro atoms. The van der Waals surface area contributed by atoms with E-state index in [0.717, 1.165) is 10.7 Å². The summed E-state index contributed by atoms with van der Waals surface area (Å²) in [5.41, 5.74) is -2.17. The summed E-state index contributed by atoms with van der Waals surface area (Å²) < 4.78 is 53.3. The molecule has 3 nitrogen and oxygen atoms in total. The van der Waals surface area contributed by atoms with Gasteiger partial charge in [-0.25, -0.2) is 9.07 Å². The summed E-state index contributed by atoms with van der Waals surface area (Å²) in [6, 6.07) is 3.37. The van der Waals surface area contributed by atoms with E-state index in [2.05, 4.69) is 21.0 Å². The van der Waals surface area contributed by atoms with Crippen LogP contribution in [0.5, 0.6) is 0 Å². The summed E-state index contributed by atoms with van der Waals surface area (Å²) in [6.07, 6.45) is -3.50. The van der Waals surface area contributed by atoms with Crippen molar-refractivity contribution in [3.05, 3.63) is 62.2 Å². The Labute approximate surface area is 125 Å². The third kappa shape index (κ3) is 2.99. The lowest BCUT2D eigenvalue weighted by molar-refractivity contribution is -0.140. The smallest absolute Gasteiger partial charge is 0.266 e. The predicted molar refractivity (Wildman–Crippen MR) is 71.4 cm³/mol. The zero-order chi connectivity index (χ0) is 15.8. The molecule has 0 amide bonds. The molecule has 0 saturated carbocycles. The van der Waals surface area contributed by atoms with Crippen LogP contribution in [0.4, 0.5) is 17.6 Å². The molecule has 0 unspecified atom stereocenters. The highest BCUT2D eigenvalue weighted by Crippen LogP contribution is 2.34. The molecule has 112 valence electrons. The van der Waals surface area contributed by atoms with Crippen LogP contribution < -0.4 is 5.56 Å². The van der Waals surface area contributed by atoms with Gasteiger partial charge >= 0.3 is 6.18 Å². The molecule has 1 aromatic heterocycles. The van der Waals surface area contributed by atoms with E-state index in [-0.39, 0.29) is 10.0 Å². The fraction of sp³-hybridized carbons (Fsp3) is 0.231. The topological polar surface area (TPSA) is 34.9 Å². The molecular formula is C13H9BrF4N2O. The Morgan fingerprint density at radius 2 is 1.95 bits per heavy atom. The van der Waals surface area contributed by atoms with E-state index in [1.54, 1.807) is 0 Å². The van der Waals surface area contributed by atoms with Gasteiger partial charge in [0.15, 0.2) is 0 Å². The first kappa shape index (κ1) is 15.7. The van der Waals surface area contributed by atoms with Gasteiger partial charge in [-0.2, -0.15) is 18.3 Å². The summed E-state index contributed by atoms with van der Waals surface area (Å²) in [6.45, 7) is 1.40. The maximum Gasteiger partial charge on any atom is 0.419 e. The van der Waals surface area contributed by atoms with Crippen molar-refractivity contribution in [1.82, 2.24) is 9.78 Å². The summed E-state index contributed by atoms with van der Waals surface area (Å²) in [4.78, 5) is 11.9. The van der Waals surface area contributed by atoms with Crippen LogP contribution in [0.3, 0.4) is 0 Å². The van der Waals surface area contributed by atoms with Gasteiger partial charge in [-0.05, 0) is 35.0 Å². The van der Waals surface area contributed by atoms with Gasteiger partial charge in [-0.15, -0.1) is 0 Å². The Morgan fingerprint density at radius 1 is 1.29 bits per heavy atom. The van der Waals surface area contributed by atoms with Gasteiger partial charge < -0.3 is 0 Å². The standard InChI is InChI=1S/C13H9BrF4N2O/c1-7(20-12(21)10(14)5-6-19-20)8-3-2-4-9(11(8)15)13(16,17)18/h2-7H,1H3/t7-/m1/s1. The van der Waals surface area contributed by atoms with Gasteiger partial charge in [0, 0.05) is 11.8 Å². The van der Waals surface area contributed by atoms with Crippen molar-refractivity contribution >= 4 is 15.9 Å². The van der Waals surface area contributed by atoms with Crippen LogP contribution in [0.1, 0.15) is 24.1 Å². The maximum absolute atomic E-state index is 14.1. The second kappa shape index (κ2) is 5.59. The molecule has 0 aliphatic heterocycles. The quantitative estimate of drug-likeness (QED) is 0.760. The van der Waals surface area contributed by atoms with Crippen LogP contribution in [-0.4, -0.2) is 9.78 Å². The normalized spacial score (nSPS) is 13.2. The van der Waals surface area contributed by atoms with E-state index < -0.39 is 29.2 Å². The molecule has 1 aromatic carbocycles. The maximum atomic E-state index is 14.1. The number of hydrogen-bond donors (Lipinski definition) is 0. The number of hydrogen-bond acceptors (Lipinski definition) is 2. The Morgan fingerprint density at radius 3 is 2.57 bits per heavy atom. The van der Waals surface area contributed by atoms with E-state index in [0.29, 0.717) is 6.07 Å². The molecular weight excluding hydrogens is 356 g/mol. The molecule has 0 radical (unpaired) electrons. The van der Waals surface area contributed by atoms with E-state index >= 15 is 0 Å². The van der Waals surface area contributed by atoms with E-state index in [1.165, 1.54) is 25.3 Å². The van der Waals surface area contributed by atoms with Crippen molar-refractivity contribution in [2.24, 2.45) is 0 Å². The number of alkyl halides is 3. The minimum atomic E-state index is -4.80. The van der Waals surface area contributed by atoms with Crippen LogP contribution in [0, 0.1) is 5.82 Å². The van der Waals surface area contributed by atoms with Crippen LogP contribution in [0.2, 0.25) is 0 Å². The number of benzene rings is 1. The molecule has 0 saturated heterocycles. The Kier molecular flexibility index (Phi) is 4.18. The highest BCUT2D eigenvalue weighted by molar-refractivity contribution is 9.10. The van der Waals surface area contributed by atoms with Crippen molar-refractivity contribution in [3.63, 3.8) is 0 Å². The molecule has 8 heteroatoms. The van der Waals surface area contributed by atoms with Crippen molar-refractivity contribution in [1.29, 1.82) is 0 Å². The van der Waals surface area contributed by atoms with Gasteiger partial charge in [-0.3, -0.25) is 4.79 Å². The summed E-state index contributed by atoms with van der Waals surface area (Å²) in [7, 11) is 0. The van der Waals surface area contributed by atoms with Gasteiger partial charge in [0.25, 0.3) is 5.56 Å². The number of aromatic nitrogens is 2. The lowest BCUT2D eigenvalue weighted by atomic mass is 10.0. The van der Waals surface area contributed by atoms with Gasteiger partial charge in [0.2, 0.25) is 0 Å². The molecule has 1 heterocycles. The summed E-state index contributed by atoms with van der Waals surface area (Å²) in [5, 5.41) is 3.77. The van der Waals surface area contributed by atoms with Crippen molar-refractivity contribution in [3.8, 4) is 0 Å². The highest BCUT2D eigenvalue weighted by atomic mass is 79.9. The minimum absolute atomic E-state index is 0.191. The van der Waals surface area contributed by atoms with E-state index in [4.69, 9.17) is 0 Å². The summed E-state index contributed by atoms with van der Waals surface area (Å²) >= 11 is 3.00. The fourth-order valence-corrected chi connectivity index (χ4v) is 2.20. The molecule has 0 fully saturated rings. The average Bonchev–Trinajstić information content (AvgIpc) is 2.40. The summed E-state index contributed by atoms with van der Waals surface area (Å²) in [5.74, 6) is -1.40. The Hall–Kier alpha value is -1.70. The molecule has 0 bridgehead atoms. The monoisotopic (exact) mass is 364 g/mol. The Balaban J connectivity index is 2.57. The van der Waals surface area contributed by atoms with Gasteiger partial charge in [0.05, 0.1) is 16.1 Å². The third-order valence-corrected chi connectivity index (χ3v) is 3.58. The average molecular weight is 365 g/mol. The molecule has 21 heavy (non-hydrogen) atoms. The number of nitrogens with zero attached hydrogens (tertiary/aromatic N) is 2. The van der Waals surface area contributed by atoms with E-state index in [1.807, 2.05) is 0 Å². The fourth-order valence-electron chi connectivity index (χ4n) is 1.90.